The first kappa shape index (κ1) is 14.8. The molecule has 6 nitrogen and oxygen atoms in total. The lowest BCUT2D eigenvalue weighted by molar-refractivity contribution is -0.384. The maximum absolute atomic E-state index is 11.9. The van der Waals surface area contributed by atoms with Crippen molar-refractivity contribution in [1.82, 2.24) is 5.32 Å². The zero-order valence-corrected chi connectivity index (χ0v) is 12.5. The standard InChI is InChI=1S/C13H16BrN3O3/c14-11-7-6-10(17(19)20)8-12(11)16-13(18)15-9-4-2-1-3-5-9/h6-9H,1-5H2,(H2,15,16,18). The first-order valence-electron chi connectivity index (χ1n) is 6.58. The van der Waals surface area contributed by atoms with Crippen LogP contribution in [0.3, 0.4) is 0 Å². The molecule has 2 rings (SSSR count). The topological polar surface area (TPSA) is 84.3 Å². The van der Waals surface area contributed by atoms with Gasteiger partial charge in [0, 0.05) is 22.6 Å². The molecule has 0 bridgehead atoms. The fourth-order valence-electron chi connectivity index (χ4n) is 2.31. The average molecular weight is 342 g/mol. The molecule has 0 heterocycles. The fourth-order valence-corrected chi connectivity index (χ4v) is 2.66. The van der Waals surface area contributed by atoms with Crippen LogP contribution in [-0.2, 0) is 0 Å². The molecule has 0 aromatic heterocycles. The molecular formula is C13H16BrN3O3. The highest BCUT2D eigenvalue weighted by molar-refractivity contribution is 9.10. The average Bonchev–Trinajstić information content (AvgIpc) is 2.42. The van der Waals surface area contributed by atoms with Gasteiger partial charge in [0.2, 0.25) is 0 Å². The van der Waals surface area contributed by atoms with Crippen molar-refractivity contribution < 1.29 is 9.72 Å². The Morgan fingerprint density at radius 3 is 2.65 bits per heavy atom. The maximum Gasteiger partial charge on any atom is 0.319 e. The molecule has 2 N–H and O–H groups in total. The van der Waals surface area contributed by atoms with Crippen LogP contribution < -0.4 is 10.6 Å². The first-order valence-corrected chi connectivity index (χ1v) is 7.37. The summed E-state index contributed by atoms with van der Waals surface area (Å²) in [4.78, 5) is 22.1. The third-order valence-electron chi connectivity index (χ3n) is 3.35. The van der Waals surface area contributed by atoms with Gasteiger partial charge in [0.05, 0.1) is 10.6 Å². The van der Waals surface area contributed by atoms with Gasteiger partial charge in [-0.3, -0.25) is 10.1 Å². The number of hydrogen-bond donors (Lipinski definition) is 2. The molecule has 1 aromatic carbocycles. The van der Waals surface area contributed by atoms with Crippen molar-refractivity contribution in [3.05, 3.63) is 32.8 Å². The first-order chi connectivity index (χ1) is 9.56. The lowest BCUT2D eigenvalue weighted by atomic mass is 9.96. The van der Waals surface area contributed by atoms with E-state index in [-0.39, 0.29) is 17.8 Å². The minimum atomic E-state index is -0.489. The second kappa shape index (κ2) is 6.69. The predicted octanol–water partition coefficient (Wildman–Crippen LogP) is 3.81. The number of rotatable bonds is 3. The molecule has 0 unspecified atom stereocenters. The number of amides is 2. The van der Waals surface area contributed by atoms with Crippen LogP contribution in [0.2, 0.25) is 0 Å². The summed E-state index contributed by atoms with van der Waals surface area (Å²) in [7, 11) is 0. The number of hydrogen-bond acceptors (Lipinski definition) is 3. The molecule has 0 radical (unpaired) electrons. The third-order valence-corrected chi connectivity index (χ3v) is 4.04. The number of nitrogens with zero attached hydrogens (tertiary/aromatic N) is 1. The van der Waals surface area contributed by atoms with Crippen LogP contribution in [-0.4, -0.2) is 17.0 Å². The summed E-state index contributed by atoms with van der Waals surface area (Å²) in [5.41, 5.74) is 0.341. The molecule has 0 spiro atoms. The van der Waals surface area contributed by atoms with E-state index in [2.05, 4.69) is 26.6 Å². The lowest BCUT2D eigenvalue weighted by Gasteiger charge is -2.23. The second-order valence-corrected chi connectivity index (χ2v) is 5.71. The highest BCUT2D eigenvalue weighted by atomic mass is 79.9. The maximum atomic E-state index is 11.9. The van der Waals surface area contributed by atoms with Crippen LogP contribution in [0.5, 0.6) is 0 Å². The number of carbonyl (C=O) groups excluding carboxylic acids is 1. The molecule has 0 aliphatic heterocycles. The summed E-state index contributed by atoms with van der Waals surface area (Å²) in [6.07, 6.45) is 5.46. The summed E-state index contributed by atoms with van der Waals surface area (Å²) >= 11 is 3.27. The number of nitrogens with one attached hydrogen (secondary N) is 2. The van der Waals surface area contributed by atoms with Crippen LogP contribution in [0, 0.1) is 10.1 Å². The monoisotopic (exact) mass is 341 g/mol. The quantitative estimate of drug-likeness (QED) is 0.647. The van der Waals surface area contributed by atoms with Crippen LogP contribution in [0.1, 0.15) is 32.1 Å². The van der Waals surface area contributed by atoms with Gasteiger partial charge in [-0.15, -0.1) is 0 Å². The Kier molecular flexibility index (Phi) is 4.94. The molecule has 1 aromatic rings. The molecular weight excluding hydrogens is 326 g/mol. The third kappa shape index (κ3) is 3.93. The van der Waals surface area contributed by atoms with Gasteiger partial charge in [-0.2, -0.15) is 0 Å². The van der Waals surface area contributed by atoms with E-state index < -0.39 is 4.92 Å². The van der Waals surface area contributed by atoms with Gasteiger partial charge in [0.1, 0.15) is 0 Å². The second-order valence-electron chi connectivity index (χ2n) is 4.85. The van der Waals surface area contributed by atoms with Gasteiger partial charge in [-0.1, -0.05) is 19.3 Å². The van der Waals surface area contributed by atoms with E-state index in [1.165, 1.54) is 18.6 Å². The van der Waals surface area contributed by atoms with Crippen molar-refractivity contribution in [2.75, 3.05) is 5.32 Å². The highest BCUT2D eigenvalue weighted by Crippen LogP contribution is 2.27. The van der Waals surface area contributed by atoms with Gasteiger partial charge in [-0.25, -0.2) is 4.79 Å². The lowest BCUT2D eigenvalue weighted by Crippen LogP contribution is -2.39. The van der Waals surface area contributed by atoms with E-state index in [1.807, 2.05) is 0 Å². The normalized spacial score (nSPS) is 15.7. The smallest absolute Gasteiger partial charge is 0.319 e. The van der Waals surface area contributed by atoms with Gasteiger partial charge in [0.15, 0.2) is 0 Å². The van der Waals surface area contributed by atoms with E-state index in [4.69, 9.17) is 0 Å². The van der Waals surface area contributed by atoms with Gasteiger partial charge in [-0.05, 0) is 34.8 Å². The van der Waals surface area contributed by atoms with E-state index in [1.54, 1.807) is 6.07 Å². The Labute approximate surface area is 125 Å². The van der Waals surface area contributed by atoms with E-state index >= 15 is 0 Å². The largest absolute Gasteiger partial charge is 0.335 e. The Hall–Kier alpha value is -1.63. The zero-order chi connectivity index (χ0) is 14.5. The Morgan fingerprint density at radius 1 is 1.30 bits per heavy atom. The van der Waals surface area contributed by atoms with Gasteiger partial charge < -0.3 is 10.6 Å². The minimum Gasteiger partial charge on any atom is -0.335 e. The molecule has 2 amide bonds. The van der Waals surface area contributed by atoms with Crippen molar-refractivity contribution in [2.45, 2.75) is 38.1 Å². The number of halogens is 1. The summed E-state index contributed by atoms with van der Waals surface area (Å²) in [5, 5.41) is 16.3. The van der Waals surface area contributed by atoms with Crippen molar-refractivity contribution in [3.8, 4) is 0 Å². The van der Waals surface area contributed by atoms with Crippen LogP contribution in [0.15, 0.2) is 22.7 Å². The number of nitro groups is 1. The van der Waals surface area contributed by atoms with Gasteiger partial charge >= 0.3 is 6.03 Å². The summed E-state index contributed by atoms with van der Waals surface area (Å²) in [6, 6.07) is 4.15. The molecule has 1 fully saturated rings. The zero-order valence-electron chi connectivity index (χ0n) is 10.9. The molecule has 20 heavy (non-hydrogen) atoms. The predicted molar refractivity (Wildman–Crippen MR) is 79.8 cm³/mol. The van der Waals surface area contributed by atoms with Crippen LogP contribution in [0.4, 0.5) is 16.2 Å². The number of benzene rings is 1. The number of urea groups is 1. The van der Waals surface area contributed by atoms with E-state index in [0.717, 1.165) is 25.7 Å². The van der Waals surface area contributed by atoms with Crippen molar-refractivity contribution in [2.24, 2.45) is 0 Å². The van der Waals surface area contributed by atoms with Crippen molar-refractivity contribution >= 4 is 33.3 Å². The number of non-ortho nitro benzene ring substituents is 1. The molecule has 1 aliphatic carbocycles. The highest BCUT2D eigenvalue weighted by Gasteiger charge is 2.17. The van der Waals surface area contributed by atoms with Crippen molar-refractivity contribution in [3.63, 3.8) is 0 Å². The van der Waals surface area contributed by atoms with Crippen LogP contribution >= 0.6 is 15.9 Å². The Bertz CT molecular complexity index is 516. The van der Waals surface area contributed by atoms with Crippen molar-refractivity contribution in [1.29, 1.82) is 0 Å². The number of anilines is 1. The summed E-state index contributed by atoms with van der Waals surface area (Å²) in [5.74, 6) is 0. The fraction of sp³-hybridized carbons (Fsp3) is 0.462. The SMILES string of the molecule is O=C(Nc1cc([N+](=O)[O-])ccc1Br)NC1CCCCC1. The van der Waals surface area contributed by atoms with E-state index in [0.29, 0.717) is 10.2 Å². The summed E-state index contributed by atoms with van der Waals surface area (Å²) < 4.78 is 0.613. The molecule has 108 valence electrons. The minimum absolute atomic E-state index is 0.0545. The molecule has 0 atom stereocenters. The number of nitro benzene ring substituents is 1. The Balaban J connectivity index is 1.99. The Morgan fingerprint density at radius 2 is 2.00 bits per heavy atom. The van der Waals surface area contributed by atoms with Crippen LogP contribution in [0.25, 0.3) is 0 Å². The molecule has 0 saturated heterocycles. The molecule has 1 aliphatic rings. The summed E-state index contributed by atoms with van der Waals surface area (Å²) in [6.45, 7) is 0. The van der Waals surface area contributed by atoms with Gasteiger partial charge in [0.25, 0.3) is 5.69 Å². The number of carbonyl (C=O) groups is 1. The molecule has 1 saturated carbocycles. The van der Waals surface area contributed by atoms with E-state index in [9.17, 15) is 14.9 Å². The molecule has 7 heteroatoms.